The van der Waals surface area contributed by atoms with Gasteiger partial charge in [-0.2, -0.15) is 0 Å². The molecule has 2 rings (SSSR count). The summed E-state index contributed by atoms with van der Waals surface area (Å²) in [5, 5.41) is 7.71. The maximum absolute atomic E-state index is 11.8. The van der Waals surface area contributed by atoms with Crippen LogP contribution in [0.5, 0.6) is 0 Å². The van der Waals surface area contributed by atoms with Crippen molar-refractivity contribution in [1.82, 2.24) is 10.6 Å². The summed E-state index contributed by atoms with van der Waals surface area (Å²) in [7, 11) is 0. The lowest BCUT2D eigenvalue weighted by Gasteiger charge is -2.27. The third kappa shape index (κ3) is 4.63. The predicted molar refractivity (Wildman–Crippen MR) is 80.8 cm³/mol. The van der Waals surface area contributed by atoms with Gasteiger partial charge in [-0.25, -0.2) is 0 Å². The van der Waals surface area contributed by atoms with Crippen molar-refractivity contribution < 1.29 is 9.59 Å². The lowest BCUT2D eigenvalue weighted by Crippen LogP contribution is -2.39. The van der Waals surface area contributed by atoms with Crippen molar-refractivity contribution in [3.63, 3.8) is 0 Å². The Morgan fingerprint density at radius 3 is 2.95 bits per heavy atom. The smallest absolute Gasteiger partial charge is 0.261 e. The Morgan fingerprint density at radius 2 is 2.25 bits per heavy atom. The molecular weight excluding hydrogens is 272 g/mol. The van der Waals surface area contributed by atoms with Crippen LogP contribution < -0.4 is 10.6 Å². The standard InChI is InChI=1S/C15H22N2O2S/c1-11-4-2-5-12(10-11)17-14(18)7-8-16-15(19)13-6-3-9-20-13/h3,6,9,11-12H,2,4-5,7-8,10H2,1H3,(H,16,19)(H,17,18). The van der Waals surface area contributed by atoms with Crippen LogP contribution in [0.15, 0.2) is 17.5 Å². The number of amides is 2. The predicted octanol–water partition coefficient (Wildman–Crippen LogP) is 2.56. The van der Waals surface area contributed by atoms with Gasteiger partial charge in [0.2, 0.25) is 5.91 Å². The normalized spacial score (nSPS) is 22.2. The van der Waals surface area contributed by atoms with Crippen molar-refractivity contribution in [2.24, 2.45) is 5.92 Å². The van der Waals surface area contributed by atoms with Crippen LogP contribution in [-0.2, 0) is 4.79 Å². The maximum atomic E-state index is 11.8. The Hall–Kier alpha value is -1.36. The quantitative estimate of drug-likeness (QED) is 0.877. The number of rotatable bonds is 5. The molecule has 4 nitrogen and oxygen atoms in total. The summed E-state index contributed by atoms with van der Waals surface area (Å²) >= 11 is 1.41. The molecule has 5 heteroatoms. The molecule has 1 aromatic rings. The van der Waals surface area contributed by atoms with E-state index in [1.54, 1.807) is 6.07 Å². The molecule has 1 aliphatic carbocycles. The van der Waals surface area contributed by atoms with Gasteiger partial charge in [-0.15, -0.1) is 11.3 Å². The number of hydrogen-bond donors (Lipinski definition) is 2. The summed E-state index contributed by atoms with van der Waals surface area (Å²) in [4.78, 5) is 24.2. The van der Waals surface area contributed by atoms with Crippen LogP contribution >= 0.6 is 11.3 Å². The lowest BCUT2D eigenvalue weighted by molar-refractivity contribution is -0.121. The van der Waals surface area contributed by atoms with E-state index in [0.29, 0.717) is 29.8 Å². The van der Waals surface area contributed by atoms with Gasteiger partial charge in [-0.3, -0.25) is 9.59 Å². The monoisotopic (exact) mass is 294 g/mol. The first kappa shape index (κ1) is 15.0. The molecule has 0 aromatic carbocycles. The van der Waals surface area contributed by atoms with E-state index in [0.717, 1.165) is 12.8 Å². The third-order valence-corrected chi connectivity index (χ3v) is 4.55. The van der Waals surface area contributed by atoms with E-state index in [-0.39, 0.29) is 11.8 Å². The van der Waals surface area contributed by atoms with Crippen molar-refractivity contribution in [3.05, 3.63) is 22.4 Å². The van der Waals surface area contributed by atoms with Crippen LogP contribution in [0.1, 0.15) is 48.7 Å². The molecule has 2 unspecified atom stereocenters. The highest BCUT2D eigenvalue weighted by molar-refractivity contribution is 7.12. The minimum atomic E-state index is -0.0981. The highest BCUT2D eigenvalue weighted by Gasteiger charge is 2.20. The third-order valence-electron chi connectivity index (χ3n) is 3.68. The molecule has 110 valence electrons. The number of carbonyl (C=O) groups excluding carboxylic acids is 2. The molecule has 2 atom stereocenters. The molecule has 0 bridgehead atoms. The van der Waals surface area contributed by atoms with Crippen LogP contribution in [0.4, 0.5) is 0 Å². The zero-order chi connectivity index (χ0) is 14.4. The fourth-order valence-corrected chi connectivity index (χ4v) is 3.29. The zero-order valence-electron chi connectivity index (χ0n) is 11.9. The Morgan fingerprint density at radius 1 is 1.40 bits per heavy atom. The Balaban J connectivity index is 1.64. The van der Waals surface area contributed by atoms with Gasteiger partial charge in [0.25, 0.3) is 5.91 Å². The van der Waals surface area contributed by atoms with E-state index in [9.17, 15) is 9.59 Å². The van der Waals surface area contributed by atoms with Gasteiger partial charge in [0.05, 0.1) is 4.88 Å². The molecule has 20 heavy (non-hydrogen) atoms. The SMILES string of the molecule is CC1CCCC(NC(=O)CCNC(=O)c2cccs2)C1. The second-order valence-corrected chi connectivity index (χ2v) is 6.47. The minimum absolute atomic E-state index is 0.0376. The van der Waals surface area contributed by atoms with Crippen LogP contribution in [0.3, 0.4) is 0 Å². The second-order valence-electron chi connectivity index (χ2n) is 5.52. The topological polar surface area (TPSA) is 58.2 Å². The molecule has 0 radical (unpaired) electrons. The first-order chi connectivity index (χ1) is 9.65. The summed E-state index contributed by atoms with van der Waals surface area (Å²) < 4.78 is 0. The molecule has 2 N–H and O–H groups in total. The molecule has 1 saturated carbocycles. The van der Waals surface area contributed by atoms with Crippen LogP contribution in [0.2, 0.25) is 0 Å². The van der Waals surface area contributed by atoms with E-state index in [1.165, 1.54) is 24.2 Å². The molecular formula is C15H22N2O2S. The van der Waals surface area contributed by atoms with Gasteiger partial charge in [-0.05, 0) is 30.2 Å². The number of carbonyl (C=O) groups is 2. The van der Waals surface area contributed by atoms with Gasteiger partial charge in [0, 0.05) is 19.0 Å². The highest BCUT2D eigenvalue weighted by Crippen LogP contribution is 2.23. The van der Waals surface area contributed by atoms with Gasteiger partial charge >= 0.3 is 0 Å². The number of thiophene rings is 1. The zero-order valence-corrected chi connectivity index (χ0v) is 12.7. The lowest BCUT2D eigenvalue weighted by atomic mass is 9.87. The van der Waals surface area contributed by atoms with E-state index in [4.69, 9.17) is 0 Å². The first-order valence-electron chi connectivity index (χ1n) is 7.26. The highest BCUT2D eigenvalue weighted by atomic mass is 32.1. The average molecular weight is 294 g/mol. The summed E-state index contributed by atoms with van der Waals surface area (Å²) in [6.45, 7) is 2.63. The summed E-state index contributed by atoms with van der Waals surface area (Å²) in [5.41, 5.74) is 0. The summed E-state index contributed by atoms with van der Waals surface area (Å²) in [6, 6.07) is 3.94. The van der Waals surface area contributed by atoms with Crippen molar-refractivity contribution in [2.75, 3.05) is 6.54 Å². The summed E-state index contributed by atoms with van der Waals surface area (Å²) in [6.07, 6.45) is 4.97. The number of nitrogens with one attached hydrogen (secondary N) is 2. The maximum Gasteiger partial charge on any atom is 0.261 e. The molecule has 1 fully saturated rings. The van der Waals surface area contributed by atoms with Crippen LogP contribution in [0, 0.1) is 5.92 Å². The van der Waals surface area contributed by atoms with E-state index in [2.05, 4.69) is 17.6 Å². The van der Waals surface area contributed by atoms with Crippen LogP contribution in [-0.4, -0.2) is 24.4 Å². The van der Waals surface area contributed by atoms with E-state index < -0.39 is 0 Å². The molecule has 0 aliphatic heterocycles. The van der Waals surface area contributed by atoms with Gasteiger partial charge in [-0.1, -0.05) is 25.8 Å². The molecule has 0 saturated heterocycles. The molecule has 0 spiro atoms. The van der Waals surface area contributed by atoms with Crippen LogP contribution in [0.25, 0.3) is 0 Å². The van der Waals surface area contributed by atoms with Gasteiger partial charge < -0.3 is 10.6 Å². The largest absolute Gasteiger partial charge is 0.353 e. The molecule has 1 aliphatic rings. The van der Waals surface area contributed by atoms with E-state index >= 15 is 0 Å². The van der Waals surface area contributed by atoms with Crippen molar-refractivity contribution in [3.8, 4) is 0 Å². The second kappa shape index (κ2) is 7.43. The average Bonchev–Trinajstić information content (AvgIpc) is 2.92. The Kier molecular flexibility index (Phi) is 5.59. The Labute approximate surface area is 124 Å². The first-order valence-corrected chi connectivity index (χ1v) is 8.14. The Bertz CT molecular complexity index is 445. The summed E-state index contributed by atoms with van der Waals surface area (Å²) in [5.74, 6) is 0.641. The molecule has 2 amide bonds. The minimum Gasteiger partial charge on any atom is -0.353 e. The van der Waals surface area contributed by atoms with Gasteiger partial charge in [0.1, 0.15) is 0 Å². The molecule has 1 heterocycles. The van der Waals surface area contributed by atoms with Crippen molar-refractivity contribution >= 4 is 23.2 Å². The number of hydrogen-bond acceptors (Lipinski definition) is 3. The van der Waals surface area contributed by atoms with Crippen molar-refractivity contribution in [1.29, 1.82) is 0 Å². The van der Waals surface area contributed by atoms with E-state index in [1.807, 2.05) is 11.4 Å². The van der Waals surface area contributed by atoms with Gasteiger partial charge in [0.15, 0.2) is 0 Å². The fraction of sp³-hybridized carbons (Fsp3) is 0.600. The van der Waals surface area contributed by atoms with Crippen molar-refractivity contribution in [2.45, 2.75) is 45.1 Å². The fourth-order valence-electron chi connectivity index (χ4n) is 2.65. The molecule has 1 aromatic heterocycles.